The predicted octanol–water partition coefficient (Wildman–Crippen LogP) is 3.51. The van der Waals surface area contributed by atoms with Crippen molar-refractivity contribution in [1.82, 2.24) is 15.1 Å². The average molecular weight is 454 g/mol. The molecule has 1 fully saturated rings. The number of amides is 2. The maximum absolute atomic E-state index is 13.0. The molecule has 1 aliphatic heterocycles. The lowest BCUT2D eigenvalue weighted by Crippen LogP contribution is -2.36. The van der Waals surface area contributed by atoms with Crippen LogP contribution in [0.2, 0.25) is 0 Å². The van der Waals surface area contributed by atoms with Crippen LogP contribution in [0.25, 0.3) is 0 Å². The number of nitrogens with zero attached hydrogens (tertiary/aromatic N) is 2. The summed E-state index contributed by atoms with van der Waals surface area (Å²) in [6.07, 6.45) is 4.40. The Morgan fingerprint density at radius 2 is 1.67 bits per heavy atom. The number of carbonyl (C=O) groups is 2. The van der Waals surface area contributed by atoms with Gasteiger partial charge in [0, 0.05) is 19.6 Å². The van der Waals surface area contributed by atoms with Gasteiger partial charge >= 0.3 is 0 Å². The molecule has 0 spiro atoms. The molecule has 2 aromatic rings. The van der Waals surface area contributed by atoms with Crippen LogP contribution >= 0.6 is 0 Å². The van der Waals surface area contributed by atoms with E-state index in [2.05, 4.69) is 10.2 Å². The molecule has 1 N–H and O–H groups in total. The Bertz CT molecular complexity index is 906. The van der Waals surface area contributed by atoms with Crippen molar-refractivity contribution in [1.29, 1.82) is 0 Å². The largest absolute Gasteiger partial charge is 0.497 e. The van der Waals surface area contributed by atoms with Gasteiger partial charge in [0.25, 0.3) is 11.8 Å². The van der Waals surface area contributed by atoms with Crippen molar-refractivity contribution in [3.05, 3.63) is 59.7 Å². The molecular formula is C26H35N3O4. The number of nitrogens with one attached hydrogen (secondary N) is 1. The average Bonchev–Trinajstić information content (AvgIpc) is 3.12. The van der Waals surface area contributed by atoms with Crippen molar-refractivity contribution in [2.24, 2.45) is 0 Å². The van der Waals surface area contributed by atoms with Crippen LogP contribution in [-0.2, 0) is 4.79 Å². The lowest BCUT2D eigenvalue weighted by molar-refractivity contribution is -0.133. The standard InChI is InChI=1S/C26H35N3O4/c1-28(2)23(20-12-14-21(32-3)15-13-20)18-27-26(31)22-10-6-7-11-24(22)33-19-25(30)29-16-8-4-5-9-17-29/h6-7,10-15,23H,4-5,8-9,16-19H2,1-3H3,(H,27,31). The Morgan fingerprint density at radius 1 is 1.00 bits per heavy atom. The van der Waals surface area contributed by atoms with E-state index < -0.39 is 0 Å². The van der Waals surface area contributed by atoms with Gasteiger partial charge in [-0.25, -0.2) is 0 Å². The summed E-state index contributed by atoms with van der Waals surface area (Å²) in [4.78, 5) is 29.5. The quantitative estimate of drug-likeness (QED) is 0.629. The van der Waals surface area contributed by atoms with Crippen LogP contribution in [0, 0.1) is 0 Å². The molecule has 178 valence electrons. The molecule has 7 heteroatoms. The summed E-state index contributed by atoms with van der Waals surface area (Å²) in [5, 5.41) is 3.02. The zero-order valence-corrected chi connectivity index (χ0v) is 19.9. The van der Waals surface area contributed by atoms with Crippen LogP contribution in [0.15, 0.2) is 48.5 Å². The Kier molecular flexibility index (Phi) is 9.13. The summed E-state index contributed by atoms with van der Waals surface area (Å²) in [6.45, 7) is 1.93. The molecule has 33 heavy (non-hydrogen) atoms. The molecule has 0 aromatic heterocycles. The van der Waals surface area contributed by atoms with Crippen molar-refractivity contribution < 1.29 is 19.1 Å². The van der Waals surface area contributed by atoms with E-state index in [4.69, 9.17) is 9.47 Å². The second-order valence-electron chi connectivity index (χ2n) is 8.54. The summed E-state index contributed by atoms with van der Waals surface area (Å²) in [5.41, 5.74) is 1.50. The molecule has 1 saturated heterocycles. The highest BCUT2D eigenvalue weighted by molar-refractivity contribution is 5.97. The second kappa shape index (κ2) is 12.3. The van der Waals surface area contributed by atoms with Crippen LogP contribution in [0.4, 0.5) is 0 Å². The first-order valence-corrected chi connectivity index (χ1v) is 11.6. The minimum atomic E-state index is -0.229. The fourth-order valence-electron chi connectivity index (χ4n) is 4.04. The maximum atomic E-state index is 13.0. The summed E-state index contributed by atoms with van der Waals surface area (Å²) in [7, 11) is 5.60. The van der Waals surface area contributed by atoms with Gasteiger partial charge in [0.15, 0.2) is 6.61 Å². The fraction of sp³-hybridized carbons (Fsp3) is 0.462. The SMILES string of the molecule is COc1ccc(C(CNC(=O)c2ccccc2OCC(=O)N2CCCCCC2)N(C)C)cc1. The molecular weight excluding hydrogens is 418 g/mol. The van der Waals surface area contributed by atoms with E-state index in [9.17, 15) is 9.59 Å². The molecule has 1 atom stereocenters. The third-order valence-electron chi connectivity index (χ3n) is 6.02. The van der Waals surface area contributed by atoms with Crippen LogP contribution in [-0.4, -0.2) is 69.1 Å². The summed E-state index contributed by atoms with van der Waals surface area (Å²) in [6, 6.07) is 14.9. The molecule has 2 amide bonds. The highest BCUT2D eigenvalue weighted by Crippen LogP contribution is 2.22. The maximum Gasteiger partial charge on any atom is 0.260 e. The topological polar surface area (TPSA) is 71.1 Å². The minimum absolute atomic E-state index is 0.00227. The van der Waals surface area contributed by atoms with Crippen LogP contribution in [0.5, 0.6) is 11.5 Å². The van der Waals surface area contributed by atoms with Gasteiger partial charge in [-0.3, -0.25) is 9.59 Å². The van der Waals surface area contributed by atoms with Gasteiger partial charge in [0.2, 0.25) is 0 Å². The van der Waals surface area contributed by atoms with E-state index in [-0.39, 0.29) is 24.5 Å². The number of ether oxygens (including phenoxy) is 2. The van der Waals surface area contributed by atoms with Gasteiger partial charge in [-0.1, -0.05) is 37.1 Å². The third-order valence-corrected chi connectivity index (χ3v) is 6.02. The Labute approximate surface area is 196 Å². The van der Waals surface area contributed by atoms with Crippen molar-refractivity contribution in [2.45, 2.75) is 31.7 Å². The Balaban J connectivity index is 1.61. The number of likely N-dealkylation sites (N-methyl/N-ethyl adjacent to an activating group) is 1. The number of carbonyl (C=O) groups excluding carboxylic acids is 2. The van der Waals surface area contributed by atoms with Crippen molar-refractivity contribution >= 4 is 11.8 Å². The molecule has 1 unspecified atom stereocenters. The molecule has 2 aromatic carbocycles. The van der Waals surface area contributed by atoms with Crippen molar-refractivity contribution in [3.63, 3.8) is 0 Å². The first-order valence-electron chi connectivity index (χ1n) is 11.6. The number of rotatable bonds is 9. The van der Waals surface area contributed by atoms with Gasteiger partial charge in [0.05, 0.1) is 18.7 Å². The molecule has 3 rings (SSSR count). The molecule has 0 saturated carbocycles. The zero-order chi connectivity index (χ0) is 23.6. The van der Waals surface area contributed by atoms with E-state index in [1.54, 1.807) is 25.3 Å². The summed E-state index contributed by atoms with van der Waals surface area (Å²) < 4.78 is 11.0. The minimum Gasteiger partial charge on any atom is -0.497 e. The monoisotopic (exact) mass is 453 g/mol. The third kappa shape index (κ3) is 6.96. The van der Waals surface area contributed by atoms with Crippen molar-refractivity contribution in [2.75, 3.05) is 47.4 Å². The second-order valence-corrected chi connectivity index (χ2v) is 8.54. The predicted molar refractivity (Wildman–Crippen MR) is 129 cm³/mol. The molecule has 1 heterocycles. The normalized spacial score (nSPS) is 15.0. The fourth-order valence-corrected chi connectivity index (χ4v) is 4.04. The number of hydrogen-bond donors (Lipinski definition) is 1. The smallest absolute Gasteiger partial charge is 0.260 e. The van der Waals surface area contributed by atoms with Crippen LogP contribution in [0.3, 0.4) is 0 Å². The van der Waals surface area contributed by atoms with Gasteiger partial charge in [-0.05, 0) is 56.8 Å². The molecule has 0 radical (unpaired) electrons. The lowest BCUT2D eigenvalue weighted by atomic mass is 10.1. The number of benzene rings is 2. The number of methoxy groups -OCH3 is 1. The van der Waals surface area contributed by atoms with Gasteiger partial charge < -0.3 is 24.6 Å². The zero-order valence-electron chi connectivity index (χ0n) is 19.9. The Hall–Kier alpha value is -3.06. The van der Waals surface area contributed by atoms with Gasteiger partial charge in [-0.2, -0.15) is 0 Å². The highest BCUT2D eigenvalue weighted by Gasteiger charge is 2.20. The lowest BCUT2D eigenvalue weighted by Gasteiger charge is -2.25. The first-order chi connectivity index (χ1) is 16.0. The number of para-hydroxylation sites is 1. The summed E-state index contributed by atoms with van der Waals surface area (Å²) >= 11 is 0. The molecule has 1 aliphatic rings. The molecule has 0 aliphatic carbocycles. The van der Waals surface area contributed by atoms with Crippen molar-refractivity contribution in [3.8, 4) is 11.5 Å². The first kappa shape index (κ1) is 24.6. The van der Waals surface area contributed by atoms with Crippen LogP contribution in [0.1, 0.15) is 47.6 Å². The van der Waals surface area contributed by atoms with E-state index in [0.29, 0.717) is 17.9 Å². The Morgan fingerprint density at radius 3 is 2.30 bits per heavy atom. The van der Waals surface area contributed by atoms with E-state index in [1.807, 2.05) is 49.3 Å². The van der Waals surface area contributed by atoms with E-state index >= 15 is 0 Å². The highest BCUT2D eigenvalue weighted by atomic mass is 16.5. The van der Waals surface area contributed by atoms with Gasteiger partial charge in [-0.15, -0.1) is 0 Å². The van der Waals surface area contributed by atoms with E-state index in [1.165, 1.54) is 0 Å². The van der Waals surface area contributed by atoms with Crippen LogP contribution < -0.4 is 14.8 Å². The number of likely N-dealkylation sites (tertiary alicyclic amines) is 1. The number of hydrogen-bond acceptors (Lipinski definition) is 5. The van der Waals surface area contributed by atoms with Gasteiger partial charge in [0.1, 0.15) is 11.5 Å². The molecule has 0 bridgehead atoms. The summed E-state index contributed by atoms with van der Waals surface area (Å²) in [5.74, 6) is 0.956. The van der Waals surface area contributed by atoms with E-state index in [0.717, 1.165) is 50.1 Å². The molecule has 7 nitrogen and oxygen atoms in total.